The van der Waals surface area contributed by atoms with Gasteiger partial charge in [0.15, 0.2) is 0 Å². The van der Waals surface area contributed by atoms with Crippen LogP contribution in [0.2, 0.25) is 0 Å². The summed E-state index contributed by atoms with van der Waals surface area (Å²) < 4.78 is 0. The summed E-state index contributed by atoms with van der Waals surface area (Å²) in [6.45, 7) is 2.29. The lowest BCUT2D eigenvalue weighted by molar-refractivity contribution is 0.0576. The highest BCUT2D eigenvalue weighted by atomic mass is 16.2. The second-order valence-electron chi connectivity index (χ2n) is 5.44. The van der Waals surface area contributed by atoms with Crippen molar-refractivity contribution < 1.29 is 4.79 Å². The average molecular weight is 229 g/mol. The van der Waals surface area contributed by atoms with Crippen molar-refractivity contribution in [3.05, 3.63) is 35.9 Å². The van der Waals surface area contributed by atoms with Gasteiger partial charge in [-0.25, -0.2) is 0 Å². The molecule has 2 heterocycles. The fraction of sp³-hybridized carbons (Fsp3) is 0.533. The van der Waals surface area contributed by atoms with E-state index in [2.05, 4.69) is 11.8 Å². The molecule has 2 saturated heterocycles. The van der Waals surface area contributed by atoms with Gasteiger partial charge in [0.25, 0.3) is 5.91 Å². The standard InChI is InChI=1S/C15H19NO/c1-11-10-13-8-5-9-14(11)16(13)15(17)12-6-3-2-4-7-12/h2-4,6-7,11,13-14H,5,8-10H2,1H3. The van der Waals surface area contributed by atoms with Crippen LogP contribution >= 0.6 is 0 Å². The fourth-order valence-electron chi connectivity index (χ4n) is 3.53. The first kappa shape index (κ1) is 10.8. The van der Waals surface area contributed by atoms with Gasteiger partial charge in [0.2, 0.25) is 0 Å². The molecule has 2 nitrogen and oxygen atoms in total. The minimum Gasteiger partial charge on any atom is -0.332 e. The zero-order valence-corrected chi connectivity index (χ0v) is 10.3. The summed E-state index contributed by atoms with van der Waals surface area (Å²) >= 11 is 0. The molecule has 2 aliphatic rings. The van der Waals surface area contributed by atoms with Crippen LogP contribution in [0.4, 0.5) is 0 Å². The van der Waals surface area contributed by atoms with Crippen LogP contribution in [0.25, 0.3) is 0 Å². The summed E-state index contributed by atoms with van der Waals surface area (Å²) in [6, 6.07) is 10.7. The van der Waals surface area contributed by atoms with Gasteiger partial charge in [0.05, 0.1) is 0 Å². The van der Waals surface area contributed by atoms with Gasteiger partial charge in [-0.3, -0.25) is 4.79 Å². The lowest BCUT2D eigenvalue weighted by Gasteiger charge is -2.35. The van der Waals surface area contributed by atoms with Crippen LogP contribution in [-0.2, 0) is 0 Å². The fourth-order valence-corrected chi connectivity index (χ4v) is 3.53. The van der Waals surface area contributed by atoms with Gasteiger partial charge in [0.1, 0.15) is 0 Å². The highest BCUT2D eigenvalue weighted by molar-refractivity contribution is 5.94. The van der Waals surface area contributed by atoms with Crippen molar-refractivity contribution in [1.82, 2.24) is 4.90 Å². The zero-order valence-electron chi connectivity index (χ0n) is 10.3. The van der Waals surface area contributed by atoms with Crippen molar-refractivity contribution in [2.75, 3.05) is 0 Å². The van der Waals surface area contributed by atoms with Crippen LogP contribution in [0.5, 0.6) is 0 Å². The van der Waals surface area contributed by atoms with E-state index in [1.807, 2.05) is 30.3 Å². The maximum Gasteiger partial charge on any atom is 0.254 e. The molecule has 0 radical (unpaired) electrons. The molecular formula is C15H19NO. The number of rotatable bonds is 1. The van der Waals surface area contributed by atoms with E-state index in [0.717, 1.165) is 5.56 Å². The van der Waals surface area contributed by atoms with E-state index < -0.39 is 0 Å². The van der Waals surface area contributed by atoms with E-state index in [1.165, 1.54) is 25.7 Å². The molecule has 0 spiro atoms. The molecule has 3 rings (SSSR count). The Morgan fingerprint density at radius 3 is 2.71 bits per heavy atom. The molecule has 2 heteroatoms. The number of carbonyl (C=O) groups is 1. The molecule has 0 saturated carbocycles. The van der Waals surface area contributed by atoms with Gasteiger partial charge in [-0.2, -0.15) is 0 Å². The third-order valence-corrected chi connectivity index (χ3v) is 4.34. The van der Waals surface area contributed by atoms with E-state index in [-0.39, 0.29) is 5.91 Å². The van der Waals surface area contributed by atoms with Crippen molar-refractivity contribution in [2.45, 2.75) is 44.7 Å². The molecule has 2 fully saturated rings. The average Bonchev–Trinajstić information content (AvgIpc) is 2.55. The van der Waals surface area contributed by atoms with E-state index in [9.17, 15) is 4.79 Å². The lowest BCUT2D eigenvalue weighted by atomic mass is 9.98. The van der Waals surface area contributed by atoms with Crippen LogP contribution in [-0.4, -0.2) is 22.9 Å². The first-order valence-corrected chi connectivity index (χ1v) is 6.65. The van der Waals surface area contributed by atoms with E-state index in [0.29, 0.717) is 18.0 Å². The molecule has 2 bridgehead atoms. The summed E-state index contributed by atoms with van der Waals surface area (Å²) in [7, 11) is 0. The molecule has 0 aliphatic carbocycles. The Balaban J connectivity index is 1.88. The quantitative estimate of drug-likeness (QED) is 0.724. The van der Waals surface area contributed by atoms with Crippen LogP contribution in [0.3, 0.4) is 0 Å². The minimum atomic E-state index is 0.240. The number of benzene rings is 1. The maximum absolute atomic E-state index is 12.5. The van der Waals surface area contributed by atoms with Crippen molar-refractivity contribution in [2.24, 2.45) is 5.92 Å². The Bertz CT molecular complexity index is 414. The number of hydrogen-bond acceptors (Lipinski definition) is 1. The molecule has 90 valence electrons. The summed E-state index contributed by atoms with van der Waals surface area (Å²) in [4.78, 5) is 14.7. The van der Waals surface area contributed by atoms with Crippen molar-refractivity contribution in [1.29, 1.82) is 0 Å². The Hall–Kier alpha value is -1.31. The minimum absolute atomic E-state index is 0.240. The molecule has 3 unspecified atom stereocenters. The first-order valence-electron chi connectivity index (χ1n) is 6.65. The number of fused-ring (bicyclic) bond motifs is 2. The Morgan fingerprint density at radius 1 is 1.24 bits per heavy atom. The predicted octanol–water partition coefficient (Wildman–Crippen LogP) is 3.09. The first-order chi connectivity index (χ1) is 8.27. The van der Waals surface area contributed by atoms with Gasteiger partial charge in [-0.05, 0) is 43.7 Å². The van der Waals surface area contributed by atoms with Crippen LogP contribution in [0.1, 0.15) is 43.0 Å². The van der Waals surface area contributed by atoms with Gasteiger partial charge in [0, 0.05) is 17.6 Å². The molecule has 17 heavy (non-hydrogen) atoms. The highest BCUT2D eigenvalue weighted by Crippen LogP contribution is 2.40. The summed E-state index contributed by atoms with van der Waals surface area (Å²) in [5.74, 6) is 0.916. The molecule has 1 aromatic carbocycles. The van der Waals surface area contributed by atoms with Gasteiger partial charge >= 0.3 is 0 Å². The molecular weight excluding hydrogens is 210 g/mol. The van der Waals surface area contributed by atoms with Crippen LogP contribution < -0.4 is 0 Å². The molecule has 2 aliphatic heterocycles. The second kappa shape index (κ2) is 4.17. The van der Waals surface area contributed by atoms with Crippen molar-refractivity contribution >= 4 is 5.91 Å². The third-order valence-electron chi connectivity index (χ3n) is 4.34. The molecule has 1 amide bonds. The Labute approximate surface area is 103 Å². The largest absolute Gasteiger partial charge is 0.332 e. The predicted molar refractivity (Wildman–Crippen MR) is 67.8 cm³/mol. The van der Waals surface area contributed by atoms with E-state index in [1.54, 1.807) is 0 Å². The smallest absolute Gasteiger partial charge is 0.254 e. The molecule has 3 atom stereocenters. The molecule has 0 aromatic heterocycles. The number of piperidine rings is 1. The van der Waals surface area contributed by atoms with Crippen LogP contribution in [0.15, 0.2) is 30.3 Å². The summed E-state index contributed by atoms with van der Waals surface area (Å²) in [6.07, 6.45) is 4.87. The topological polar surface area (TPSA) is 20.3 Å². The highest BCUT2D eigenvalue weighted by Gasteiger charge is 2.43. The zero-order chi connectivity index (χ0) is 11.8. The second-order valence-corrected chi connectivity index (χ2v) is 5.44. The van der Waals surface area contributed by atoms with Crippen LogP contribution in [0, 0.1) is 5.92 Å². The SMILES string of the molecule is CC1CC2CCCC1N2C(=O)c1ccccc1. The monoisotopic (exact) mass is 229 g/mol. The number of hydrogen-bond donors (Lipinski definition) is 0. The maximum atomic E-state index is 12.5. The van der Waals surface area contributed by atoms with Crippen molar-refractivity contribution in [3.8, 4) is 0 Å². The van der Waals surface area contributed by atoms with Gasteiger partial charge < -0.3 is 4.90 Å². The number of amides is 1. The molecule has 0 N–H and O–H groups in total. The van der Waals surface area contributed by atoms with Gasteiger partial charge in [-0.1, -0.05) is 25.1 Å². The van der Waals surface area contributed by atoms with E-state index >= 15 is 0 Å². The number of nitrogens with zero attached hydrogens (tertiary/aromatic N) is 1. The Morgan fingerprint density at radius 2 is 2.00 bits per heavy atom. The van der Waals surface area contributed by atoms with Gasteiger partial charge in [-0.15, -0.1) is 0 Å². The summed E-state index contributed by atoms with van der Waals surface area (Å²) in [5, 5.41) is 0. The molecule has 1 aromatic rings. The Kier molecular flexibility index (Phi) is 2.65. The normalized spacial score (nSPS) is 31.6. The van der Waals surface area contributed by atoms with Crippen molar-refractivity contribution in [3.63, 3.8) is 0 Å². The number of carbonyl (C=O) groups excluding carboxylic acids is 1. The third kappa shape index (κ3) is 1.76. The van der Waals surface area contributed by atoms with E-state index in [4.69, 9.17) is 0 Å². The lowest BCUT2D eigenvalue weighted by Crippen LogP contribution is -2.44. The summed E-state index contributed by atoms with van der Waals surface area (Å²) in [5.41, 5.74) is 0.846.